The van der Waals surface area contributed by atoms with Crippen molar-refractivity contribution in [3.8, 4) is 0 Å². The fraction of sp³-hybridized carbons (Fsp3) is 0.650. The molecule has 1 aliphatic heterocycles. The van der Waals surface area contributed by atoms with Gasteiger partial charge in [0, 0.05) is 6.92 Å². The van der Waals surface area contributed by atoms with Crippen LogP contribution in [0.25, 0.3) is 0 Å². The Bertz CT molecular complexity index is 470. The van der Waals surface area contributed by atoms with E-state index in [9.17, 15) is 0 Å². The van der Waals surface area contributed by atoms with E-state index in [2.05, 4.69) is 48.0 Å². The van der Waals surface area contributed by atoms with Crippen molar-refractivity contribution >= 4 is 17.2 Å². The number of nitrogens with zero attached hydrogens (tertiary/aromatic N) is 2. The predicted molar refractivity (Wildman–Crippen MR) is 98.1 cm³/mol. The summed E-state index contributed by atoms with van der Waals surface area (Å²) in [7, 11) is 0. The predicted octanol–water partition coefficient (Wildman–Crippen LogP) is 2.82. The first kappa shape index (κ1) is 20.0. The van der Waals surface area contributed by atoms with E-state index in [1.165, 1.54) is 69.9 Å². The Hall–Kier alpha value is -1.02. The van der Waals surface area contributed by atoms with E-state index in [0.717, 1.165) is 18.1 Å². The van der Waals surface area contributed by atoms with Crippen LogP contribution in [0.15, 0.2) is 24.3 Å². The number of halogens is 1. The number of unbranched alkanes of at least 4 members (excludes halogenated alkanes) is 9. The zero-order valence-electron chi connectivity index (χ0n) is 14.9. The molecule has 1 aromatic rings. The third-order valence-corrected chi connectivity index (χ3v) is 4.58. The van der Waals surface area contributed by atoms with Crippen molar-refractivity contribution in [3.63, 3.8) is 0 Å². The lowest BCUT2D eigenvalue weighted by molar-refractivity contribution is -0.00000482. The van der Waals surface area contributed by atoms with Crippen molar-refractivity contribution in [2.75, 3.05) is 11.4 Å². The molecule has 3 heteroatoms. The monoisotopic (exact) mass is 335 g/mol. The first-order valence-electron chi connectivity index (χ1n) is 9.25. The summed E-state index contributed by atoms with van der Waals surface area (Å²) < 4.78 is 0. The van der Waals surface area contributed by atoms with Crippen molar-refractivity contribution in [2.24, 2.45) is 0 Å². The smallest absolute Gasteiger partial charge is 0.296 e. The van der Waals surface area contributed by atoms with E-state index in [4.69, 9.17) is 0 Å². The Balaban J connectivity index is 0.00000264. The minimum Gasteiger partial charge on any atom is -1.00 e. The second-order valence-electron chi connectivity index (χ2n) is 6.48. The first-order chi connectivity index (χ1) is 10.8. The van der Waals surface area contributed by atoms with E-state index >= 15 is 0 Å². The molecule has 0 aromatic heterocycles. The van der Waals surface area contributed by atoms with Crippen LogP contribution >= 0.6 is 0 Å². The van der Waals surface area contributed by atoms with Gasteiger partial charge in [-0.05, 0) is 30.0 Å². The summed E-state index contributed by atoms with van der Waals surface area (Å²) in [5, 5.41) is 0. The minimum atomic E-state index is 0. The summed E-state index contributed by atoms with van der Waals surface area (Å²) in [6, 6.07) is 8.47. The van der Waals surface area contributed by atoms with E-state index in [-0.39, 0.29) is 12.4 Å². The molecule has 0 N–H and O–H groups in total. The normalized spacial score (nSPS) is 12.8. The Morgan fingerprint density at radius 2 is 1.39 bits per heavy atom. The van der Waals surface area contributed by atoms with Crippen molar-refractivity contribution < 1.29 is 12.4 Å². The maximum atomic E-state index is 4.64. The minimum absolute atomic E-state index is 0. The lowest BCUT2D eigenvalue weighted by Gasteiger charge is -2.10. The van der Waals surface area contributed by atoms with Crippen LogP contribution in [-0.4, -0.2) is 12.4 Å². The lowest BCUT2D eigenvalue weighted by atomic mass is 10.1. The number of hydrogen-bond acceptors (Lipinski definition) is 2. The molecule has 0 aliphatic carbocycles. The van der Waals surface area contributed by atoms with Gasteiger partial charge in [0.25, 0.3) is 5.84 Å². The highest BCUT2D eigenvalue weighted by Gasteiger charge is 2.30. The number of amidine groups is 1. The average Bonchev–Trinajstić information content (AvgIpc) is 2.85. The topological polar surface area (TPSA) is 17.3 Å². The molecule has 0 amide bonds. The molecule has 0 saturated carbocycles. The quantitative estimate of drug-likeness (QED) is 0.568. The van der Waals surface area contributed by atoms with E-state index < -0.39 is 0 Å². The van der Waals surface area contributed by atoms with Gasteiger partial charge >= 0.3 is 0 Å². The third kappa shape index (κ3) is 6.55. The maximum absolute atomic E-state index is 4.64. The van der Waals surface area contributed by atoms with Gasteiger partial charge in [0.2, 0.25) is 5.69 Å². The molecule has 0 bridgehead atoms. The van der Waals surface area contributed by atoms with Gasteiger partial charge in [-0.15, -0.1) is 0 Å². The highest BCUT2D eigenvalue weighted by atomic mass is 35.5. The highest BCUT2D eigenvalue weighted by molar-refractivity contribution is 6.03. The van der Waals surface area contributed by atoms with Gasteiger partial charge in [0.15, 0.2) is 5.69 Å². The van der Waals surface area contributed by atoms with Crippen molar-refractivity contribution in [3.05, 3.63) is 24.3 Å². The van der Waals surface area contributed by atoms with Crippen LogP contribution < -0.4 is 22.3 Å². The molecular weight excluding hydrogens is 304 g/mol. The van der Waals surface area contributed by atoms with Gasteiger partial charge in [-0.3, -0.25) is 0 Å². The second kappa shape index (κ2) is 11.5. The van der Waals surface area contributed by atoms with Gasteiger partial charge in [-0.1, -0.05) is 70.4 Å². The van der Waals surface area contributed by atoms with Crippen LogP contribution in [0.4, 0.5) is 11.4 Å². The van der Waals surface area contributed by atoms with Crippen LogP contribution in [0.3, 0.4) is 0 Å². The van der Waals surface area contributed by atoms with Gasteiger partial charge < -0.3 is 12.4 Å². The number of rotatable bonds is 11. The third-order valence-electron chi connectivity index (χ3n) is 4.58. The fourth-order valence-electron chi connectivity index (χ4n) is 3.24. The number of fused-ring (bicyclic) bond motifs is 1. The molecule has 0 spiro atoms. The van der Waals surface area contributed by atoms with Crippen LogP contribution in [-0.2, 0) is 0 Å². The van der Waals surface area contributed by atoms with Gasteiger partial charge in [-0.2, -0.15) is 0 Å². The standard InChI is InChI=1S/C20H32N2.ClH/c1-3-4-5-6-7-8-9-10-11-14-17-22-18(2)21-19-15-12-13-16-20(19)22;/h12-13,15-16H,3-11,14,17H2,1-2H3;1H/q+1;/p-1. The summed E-state index contributed by atoms with van der Waals surface area (Å²) in [5.74, 6) is 1.15. The average molecular weight is 336 g/mol. The summed E-state index contributed by atoms with van der Waals surface area (Å²) in [6.07, 6.45) is 13.9. The second-order valence-corrected chi connectivity index (χ2v) is 6.48. The molecule has 0 unspecified atom stereocenters. The molecular formula is C20H32ClN2. The van der Waals surface area contributed by atoms with Crippen molar-refractivity contribution in [1.82, 2.24) is 4.99 Å². The first-order valence-corrected chi connectivity index (χ1v) is 9.25. The summed E-state index contributed by atoms with van der Waals surface area (Å²) in [5.41, 5.74) is 2.42. The fourth-order valence-corrected chi connectivity index (χ4v) is 3.24. The van der Waals surface area contributed by atoms with Gasteiger partial charge in [-0.25, -0.2) is 4.90 Å². The molecule has 23 heavy (non-hydrogen) atoms. The molecule has 0 saturated heterocycles. The molecule has 0 fully saturated rings. The van der Waals surface area contributed by atoms with Crippen LogP contribution in [0.5, 0.6) is 0 Å². The number of anilines is 1. The summed E-state index contributed by atoms with van der Waals surface area (Å²) in [4.78, 5) is 7.02. The largest absolute Gasteiger partial charge is 1.00 e. The number of aliphatic imine (C=N–C) groups is 1. The zero-order valence-corrected chi connectivity index (χ0v) is 15.6. The Morgan fingerprint density at radius 1 is 0.826 bits per heavy atom. The van der Waals surface area contributed by atoms with E-state index in [1.54, 1.807) is 0 Å². The number of para-hydroxylation sites is 2. The molecule has 1 radical (unpaired) electrons. The summed E-state index contributed by atoms with van der Waals surface area (Å²) in [6.45, 7) is 5.52. The van der Waals surface area contributed by atoms with Crippen LogP contribution in [0.1, 0.15) is 78.1 Å². The zero-order chi connectivity index (χ0) is 15.6. The Labute approximate surface area is 148 Å². The van der Waals surface area contributed by atoms with E-state index in [1.807, 2.05) is 0 Å². The highest BCUT2D eigenvalue weighted by Crippen LogP contribution is 2.29. The van der Waals surface area contributed by atoms with Crippen molar-refractivity contribution in [1.29, 1.82) is 0 Å². The van der Waals surface area contributed by atoms with Gasteiger partial charge in [0.1, 0.15) is 0 Å². The molecule has 0 atom stereocenters. The SMILES string of the molecule is CCCCCCCCCCCCN1C(C)=[N+]c2ccccc21.[Cl-]. The molecule has 2 nitrogen and oxygen atoms in total. The maximum Gasteiger partial charge on any atom is 0.296 e. The molecule has 1 aromatic carbocycles. The number of hydrogen-bond donors (Lipinski definition) is 0. The van der Waals surface area contributed by atoms with Crippen LogP contribution in [0, 0.1) is 0 Å². The van der Waals surface area contributed by atoms with Crippen LogP contribution in [0.2, 0.25) is 0 Å². The lowest BCUT2D eigenvalue weighted by Crippen LogP contribution is -3.00. The Kier molecular flexibility index (Phi) is 10.0. The molecule has 1 heterocycles. The van der Waals surface area contributed by atoms with Crippen molar-refractivity contribution in [2.45, 2.75) is 78.1 Å². The molecule has 1 aliphatic rings. The molecule has 129 valence electrons. The van der Waals surface area contributed by atoms with Gasteiger partial charge in [0.05, 0.1) is 6.54 Å². The number of benzene rings is 1. The van der Waals surface area contributed by atoms with E-state index in [0.29, 0.717) is 0 Å². The summed E-state index contributed by atoms with van der Waals surface area (Å²) >= 11 is 0. The Morgan fingerprint density at radius 3 is 2.04 bits per heavy atom. The molecule has 2 rings (SSSR count).